The molecule has 0 amide bonds. The van der Waals surface area contributed by atoms with E-state index in [0.717, 1.165) is 4.68 Å². The molecule has 2 aromatic rings. The van der Waals surface area contributed by atoms with E-state index in [1.807, 2.05) is 6.07 Å². The zero-order chi connectivity index (χ0) is 14.5. The summed E-state index contributed by atoms with van der Waals surface area (Å²) in [7, 11) is 0. The molecule has 20 heavy (non-hydrogen) atoms. The molecule has 0 aliphatic carbocycles. The quantitative estimate of drug-likeness (QED) is 0.869. The van der Waals surface area contributed by atoms with Crippen LogP contribution in [0.4, 0.5) is 0 Å². The van der Waals surface area contributed by atoms with E-state index in [-0.39, 0.29) is 22.8 Å². The molecule has 8 heteroatoms. The van der Waals surface area contributed by atoms with Crippen molar-refractivity contribution < 1.29 is 4.74 Å². The van der Waals surface area contributed by atoms with Crippen LogP contribution in [0.1, 0.15) is 0 Å². The molecular weight excluding hydrogens is 303 g/mol. The summed E-state index contributed by atoms with van der Waals surface area (Å²) in [6.45, 7) is 0.0261. The molecule has 0 bridgehead atoms. The molecule has 0 fully saturated rings. The van der Waals surface area contributed by atoms with Gasteiger partial charge in [-0.1, -0.05) is 58.6 Å². The van der Waals surface area contributed by atoms with Crippen molar-refractivity contribution >= 4 is 23.2 Å². The fourth-order valence-corrected chi connectivity index (χ4v) is 1.57. The molecule has 1 aromatic heterocycles. The van der Waals surface area contributed by atoms with Crippen LogP contribution in [-0.2, 0) is 0 Å². The summed E-state index contributed by atoms with van der Waals surface area (Å²) in [5.74, 6) is 5.63. The number of nitrogen functional groups attached to an aromatic ring is 1. The van der Waals surface area contributed by atoms with Crippen LogP contribution in [0, 0.1) is 0 Å². The fraction of sp³-hybridized carbons (Fsp3) is 0.0833. The molecule has 0 unspecified atom stereocenters. The number of nitrogens with two attached hydrogens (primary N) is 1. The Bertz CT molecular complexity index is 682. The molecule has 0 saturated carbocycles. The van der Waals surface area contributed by atoms with Crippen LogP contribution in [0.5, 0.6) is 6.01 Å². The van der Waals surface area contributed by atoms with Crippen LogP contribution < -0.4 is 16.1 Å². The predicted molar refractivity (Wildman–Crippen MR) is 77.2 cm³/mol. The van der Waals surface area contributed by atoms with Crippen molar-refractivity contribution in [2.45, 2.75) is 0 Å². The number of benzene rings is 1. The maximum Gasteiger partial charge on any atom is 0.338 e. The minimum atomic E-state index is -0.512. The summed E-state index contributed by atoms with van der Waals surface area (Å²) in [6, 6.07) is 8.76. The number of nitrogens with zero attached hydrogens (tertiary/aromatic N) is 3. The lowest BCUT2D eigenvalue weighted by Gasteiger charge is -2.07. The first-order valence-corrected chi connectivity index (χ1v) is 6.29. The molecule has 6 nitrogen and oxygen atoms in total. The number of hydrogen-bond acceptors (Lipinski definition) is 5. The molecule has 104 valence electrons. The van der Waals surface area contributed by atoms with E-state index >= 15 is 0 Å². The van der Waals surface area contributed by atoms with Crippen LogP contribution in [-0.4, -0.2) is 21.5 Å². The van der Waals surface area contributed by atoms with E-state index in [1.165, 1.54) is 6.08 Å². The Hall–Kier alpha value is -2.05. The number of halogens is 2. The van der Waals surface area contributed by atoms with Gasteiger partial charge < -0.3 is 10.6 Å². The average Bonchev–Trinajstić information content (AvgIpc) is 2.44. The topological polar surface area (TPSA) is 83.0 Å². The third-order valence-corrected chi connectivity index (χ3v) is 2.67. The molecule has 1 aromatic carbocycles. The van der Waals surface area contributed by atoms with Crippen LogP contribution in [0.25, 0.3) is 11.3 Å². The molecule has 0 saturated heterocycles. The molecule has 0 radical (unpaired) electrons. The Labute approximate surface area is 124 Å². The summed E-state index contributed by atoms with van der Waals surface area (Å²) in [4.78, 5) is 12.1. The first kappa shape index (κ1) is 14.4. The van der Waals surface area contributed by atoms with Gasteiger partial charge >= 0.3 is 11.6 Å². The molecule has 0 atom stereocenters. The van der Waals surface area contributed by atoms with Gasteiger partial charge in [-0.25, -0.2) is 0 Å². The van der Waals surface area contributed by atoms with Crippen molar-refractivity contribution in [3.8, 4) is 17.3 Å². The van der Waals surface area contributed by atoms with Crippen LogP contribution in [0.2, 0.25) is 0 Å². The van der Waals surface area contributed by atoms with Crippen molar-refractivity contribution in [2.75, 3.05) is 12.4 Å². The SMILES string of the molecule is Nn1c(OCC=C(Cl)Cl)nnc(-c2ccccc2)c1=O. The molecule has 0 aliphatic rings. The van der Waals surface area contributed by atoms with Gasteiger partial charge in [0.1, 0.15) is 11.1 Å². The van der Waals surface area contributed by atoms with Gasteiger partial charge in [-0.05, 0) is 6.08 Å². The van der Waals surface area contributed by atoms with Gasteiger partial charge in [0.25, 0.3) is 0 Å². The highest BCUT2D eigenvalue weighted by Gasteiger charge is 2.12. The second-order valence-electron chi connectivity index (χ2n) is 3.68. The summed E-state index contributed by atoms with van der Waals surface area (Å²) >= 11 is 10.9. The molecule has 1 heterocycles. The lowest BCUT2D eigenvalue weighted by molar-refractivity contribution is 0.312. The van der Waals surface area contributed by atoms with E-state index < -0.39 is 5.56 Å². The fourth-order valence-electron chi connectivity index (χ4n) is 1.44. The zero-order valence-electron chi connectivity index (χ0n) is 10.2. The Morgan fingerprint density at radius 3 is 2.65 bits per heavy atom. The van der Waals surface area contributed by atoms with Crippen LogP contribution in [0.15, 0.2) is 45.7 Å². The minimum Gasteiger partial charge on any atom is -0.458 e. The molecule has 0 aliphatic heterocycles. The number of rotatable bonds is 4. The summed E-state index contributed by atoms with van der Waals surface area (Å²) in [5, 5.41) is 7.59. The lowest BCUT2D eigenvalue weighted by Crippen LogP contribution is -2.32. The second-order valence-corrected chi connectivity index (χ2v) is 4.69. The van der Waals surface area contributed by atoms with E-state index in [0.29, 0.717) is 5.56 Å². The highest BCUT2D eigenvalue weighted by molar-refractivity contribution is 6.55. The van der Waals surface area contributed by atoms with Crippen molar-refractivity contribution in [2.24, 2.45) is 0 Å². The second kappa shape index (κ2) is 6.40. The van der Waals surface area contributed by atoms with Crippen molar-refractivity contribution in [3.05, 3.63) is 51.3 Å². The van der Waals surface area contributed by atoms with Gasteiger partial charge in [0.05, 0.1) is 0 Å². The van der Waals surface area contributed by atoms with Crippen LogP contribution in [0.3, 0.4) is 0 Å². The Balaban J connectivity index is 2.31. The maximum absolute atomic E-state index is 12.1. The summed E-state index contributed by atoms with van der Waals surface area (Å²) < 4.78 is 5.97. The maximum atomic E-state index is 12.1. The minimum absolute atomic E-state index is 0.0261. The Morgan fingerprint density at radius 1 is 1.30 bits per heavy atom. The first-order valence-electron chi connectivity index (χ1n) is 5.54. The molecular formula is C12H10Cl2N4O2. The third kappa shape index (κ3) is 3.28. The van der Waals surface area contributed by atoms with Crippen LogP contribution >= 0.6 is 23.2 Å². The van der Waals surface area contributed by atoms with Crippen molar-refractivity contribution in [1.82, 2.24) is 14.9 Å². The predicted octanol–water partition coefficient (Wildman–Crippen LogP) is 1.72. The van der Waals surface area contributed by atoms with Gasteiger partial charge in [-0.3, -0.25) is 4.79 Å². The van der Waals surface area contributed by atoms with E-state index in [1.54, 1.807) is 24.3 Å². The lowest BCUT2D eigenvalue weighted by atomic mass is 10.2. The summed E-state index contributed by atoms with van der Waals surface area (Å²) in [6.07, 6.45) is 1.39. The van der Waals surface area contributed by atoms with E-state index in [9.17, 15) is 4.79 Å². The first-order chi connectivity index (χ1) is 9.59. The summed E-state index contributed by atoms with van der Waals surface area (Å²) in [5.41, 5.74) is 0.257. The highest BCUT2D eigenvalue weighted by Crippen LogP contribution is 2.12. The smallest absolute Gasteiger partial charge is 0.338 e. The molecule has 2 N–H and O–H groups in total. The highest BCUT2D eigenvalue weighted by atomic mass is 35.5. The third-order valence-electron chi connectivity index (χ3n) is 2.36. The number of aromatic nitrogens is 3. The van der Waals surface area contributed by atoms with Gasteiger partial charge in [0.15, 0.2) is 5.69 Å². The standard InChI is InChI=1S/C12H10Cl2N4O2/c13-9(14)6-7-20-12-17-16-10(11(19)18(12)15)8-4-2-1-3-5-8/h1-6H,7,15H2. The molecule has 2 rings (SSSR count). The van der Waals surface area contributed by atoms with Gasteiger partial charge in [0.2, 0.25) is 0 Å². The Kier molecular flexibility index (Phi) is 4.60. The van der Waals surface area contributed by atoms with E-state index in [4.69, 9.17) is 33.8 Å². The van der Waals surface area contributed by atoms with Gasteiger partial charge in [-0.15, -0.1) is 5.10 Å². The van der Waals surface area contributed by atoms with Crippen molar-refractivity contribution in [1.29, 1.82) is 0 Å². The average molecular weight is 313 g/mol. The monoisotopic (exact) mass is 312 g/mol. The Morgan fingerprint density at radius 2 is 2.00 bits per heavy atom. The van der Waals surface area contributed by atoms with Crippen molar-refractivity contribution in [3.63, 3.8) is 0 Å². The molecule has 0 spiro atoms. The number of hydrogen-bond donors (Lipinski definition) is 1. The van der Waals surface area contributed by atoms with E-state index in [2.05, 4.69) is 10.2 Å². The van der Waals surface area contributed by atoms with Gasteiger partial charge in [0, 0.05) is 5.56 Å². The van der Waals surface area contributed by atoms with Gasteiger partial charge in [-0.2, -0.15) is 4.68 Å². The zero-order valence-corrected chi connectivity index (χ0v) is 11.7. The normalized spacial score (nSPS) is 10.1. The number of ether oxygens (including phenoxy) is 1. The largest absolute Gasteiger partial charge is 0.458 e.